The molecule has 15 rings (SSSR count). The molecule has 9 aromatic carbocycles. The van der Waals surface area contributed by atoms with Gasteiger partial charge >= 0.3 is 0 Å². The molecule has 0 aliphatic rings. The molecule has 6 aromatic heterocycles. The summed E-state index contributed by atoms with van der Waals surface area (Å²) in [6.45, 7) is 16.2. The topological polar surface area (TPSA) is 77.3 Å². The van der Waals surface area contributed by atoms with E-state index in [1.807, 2.05) is 303 Å². The summed E-state index contributed by atoms with van der Waals surface area (Å²) in [7, 11) is 0. The van der Waals surface area contributed by atoms with Crippen LogP contribution in [0.5, 0.6) is 0 Å². The number of nitrogens with zero attached hydrogens (tertiary/aromatic N) is 6. The van der Waals surface area contributed by atoms with Crippen molar-refractivity contribution in [3.63, 3.8) is 0 Å². The second-order valence-corrected chi connectivity index (χ2v) is 25.6. The van der Waals surface area contributed by atoms with Crippen LogP contribution in [0, 0.1) is 80.5 Å². The number of benzene rings is 9. The Balaban J connectivity index is 0.000000182. The van der Waals surface area contributed by atoms with Crippen molar-refractivity contribution < 1.29 is 73.5 Å². The largest absolute Gasteiger partial charge is 0.304 e. The van der Waals surface area contributed by atoms with Crippen LogP contribution in [0.15, 0.2) is 310 Å². The van der Waals surface area contributed by atoms with Crippen LogP contribution in [0.3, 0.4) is 0 Å². The van der Waals surface area contributed by atoms with Gasteiger partial charge in [0.25, 0.3) is 0 Å². The van der Waals surface area contributed by atoms with Crippen molar-refractivity contribution in [2.24, 2.45) is 5.92 Å². The molecule has 0 spiro atoms. The number of rotatable bonds is 13. The van der Waals surface area contributed by atoms with E-state index < -0.39 is 0 Å². The average molecular weight is 1950 g/mol. The Labute approximate surface area is 676 Å². The molecule has 108 heavy (non-hydrogen) atoms. The quantitative estimate of drug-likeness (QED) is 0.107. The van der Waals surface area contributed by atoms with E-state index in [0.717, 1.165) is 124 Å². The molecule has 0 aliphatic carbocycles. The third-order valence-corrected chi connectivity index (χ3v) is 16.7. The molecule has 6 heterocycles. The first kappa shape index (κ1) is 84.9. The van der Waals surface area contributed by atoms with Gasteiger partial charge in [-0.3, -0.25) is 0 Å². The first-order chi connectivity index (χ1) is 51.1. The van der Waals surface area contributed by atoms with Crippen LogP contribution in [0.25, 0.3) is 101 Å². The summed E-state index contributed by atoms with van der Waals surface area (Å²) in [5.74, 6) is 0.151. The number of hydrogen-bond donors (Lipinski definition) is 0. The van der Waals surface area contributed by atoms with Gasteiger partial charge in [-0.25, -0.2) is 13.2 Å². The molecule has 0 bridgehead atoms. The van der Waals surface area contributed by atoms with E-state index in [4.69, 9.17) is 0 Å². The first-order valence-corrected chi connectivity index (χ1v) is 35.0. The van der Waals surface area contributed by atoms with Gasteiger partial charge in [0, 0.05) is 97.5 Å². The average Bonchev–Trinajstić information content (AvgIpc) is 0.827. The summed E-state index contributed by atoms with van der Waals surface area (Å²) in [6.07, 6.45) is 12.5. The van der Waals surface area contributed by atoms with Crippen molar-refractivity contribution in [1.82, 2.24) is 29.9 Å². The van der Waals surface area contributed by atoms with Gasteiger partial charge in [0.15, 0.2) is 0 Å². The molecule has 6 nitrogen and oxygen atoms in total. The number of aromatic nitrogens is 6. The van der Waals surface area contributed by atoms with Crippen molar-refractivity contribution in [2.75, 3.05) is 0 Å². The molecule has 0 saturated carbocycles. The molecular formula is C96H81F3Ir3N6-6. The molecule has 0 unspecified atom stereocenters. The Bertz CT molecular complexity index is 4880. The van der Waals surface area contributed by atoms with E-state index >= 15 is 0 Å². The van der Waals surface area contributed by atoms with Crippen molar-refractivity contribution in [3.8, 4) is 101 Å². The van der Waals surface area contributed by atoms with Crippen LogP contribution in [-0.2, 0) is 73.2 Å². The number of aryl methyl sites for hydroxylation is 4. The third-order valence-electron chi connectivity index (χ3n) is 16.7. The summed E-state index contributed by atoms with van der Waals surface area (Å²) in [5.41, 5.74) is 23.3. The van der Waals surface area contributed by atoms with Crippen LogP contribution in [0.1, 0.15) is 73.9 Å². The molecule has 549 valence electrons. The zero-order valence-corrected chi connectivity index (χ0v) is 68.5. The van der Waals surface area contributed by atoms with Crippen molar-refractivity contribution >= 4 is 0 Å². The fourth-order valence-corrected chi connectivity index (χ4v) is 10.9. The molecule has 3 radical (unpaired) electrons. The predicted octanol–water partition coefficient (Wildman–Crippen LogP) is 24.5. The minimum Gasteiger partial charge on any atom is -0.304 e. The molecule has 0 fully saturated rings. The SMILES string of the molecule is CC(C)Cc1cc(-c2ccc(-c3[c-]cccc3)nc2)ccc1F.CC(C)c1cc(-c2ccc(-c3[c-]cccc3)nc2)ccc1F.CCc1cc(-c2ccc(-c3[c-]cccc3)nc2)ccc1F.Cc1ccc(-c2[c-]cccc2)nc1.Cc1ccc(-c2[c-]cccc2)nc1.Cc1ccc(-c2[c-]cccc2)nc1.[Ir].[Ir].[Ir]. The smallest absolute Gasteiger partial charge is 0.126 e. The van der Waals surface area contributed by atoms with Gasteiger partial charge in [0.2, 0.25) is 0 Å². The minimum absolute atomic E-state index is 0. The van der Waals surface area contributed by atoms with Gasteiger partial charge < -0.3 is 29.9 Å². The Hall–Kier alpha value is -10.4. The Morgan fingerprint density at radius 1 is 0.287 bits per heavy atom. The summed E-state index contributed by atoms with van der Waals surface area (Å²) in [6, 6.07) is 106. The summed E-state index contributed by atoms with van der Waals surface area (Å²) in [4.78, 5) is 26.4. The maximum absolute atomic E-state index is 13.9. The van der Waals surface area contributed by atoms with Gasteiger partial charge in [-0.15, -0.1) is 215 Å². The Morgan fingerprint density at radius 2 is 0.546 bits per heavy atom. The summed E-state index contributed by atoms with van der Waals surface area (Å²) >= 11 is 0. The van der Waals surface area contributed by atoms with Crippen LogP contribution in [0.4, 0.5) is 13.2 Å². The normalized spacial score (nSPS) is 10.2. The molecule has 15 aromatic rings. The van der Waals surface area contributed by atoms with E-state index in [9.17, 15) is 13.2 Å². The molecule has 0 aliphatic heterocycles. The fourth-order valence-electron chi connectivity index (χ4n) is 10.9. The van der Waals surface area contributed by atoms with Crippen LogP contribution in [0.2, 0.25) is 0 Å². The van der Waals surface area contributed by atoms with Gasteiger partial charge in [-0.2, -0.15) is 0 Å². The van der Waals surface area contributed by atoms with E-state index in [-0.39, 0.29) is 83.7 Å². The van der Waals surface area contributed by atoms with Crippen molar-refractivity contribution in [3.05, 3.63) is 397 Å². The van der Waals surface area contributed by atoms with E-state index in [0.29, 0.717) is 12.3 Å². The maximum atomic E-state index is 13.9. The first-order valence-electron chi connectivity index (χ1n) is 35.0. The third kappa shape index (κ3) is 25.7. The number of halogens is 3. The van der Waals surface area contributed by atoms with Gasteiger partial charge in [-0.05, 0) is 183 Å². The fraction of sp³-hybridized carbons (Fsp3) is 0.125. The number of hydrogen-bond acceptors (Lipinski definition) is 6. The van der Waals surface area contributed by atoms with E-state index in [1.54, 1.807) is 18.2 Å². The maximum Gasteiger partial charge on any atom is 0.126 e. The number of pyridine rings is 6. The summed E-state index contributed by atoms with van der Waals surface area (Å²) < 4.78 is 41.3. The Kier molecular flexibility index (Phi) is 34.6. The van der Waals surface area contributed by atoms with Crippen LogP contribution >= 0.6 is 0 Å². The Morgan fingerprint density at radius 3 is 0.787 bits per heavy atom. The molecule has 0 amide bonds. The zero-order chi connectivity index (χ0) is 73.7. The molecule has 12 heteroatoms. The van der Waals surface area contributed by atoms with Crippen LogP contribution < -0.4 is 0 Å². The molecule has 0 atom stereocenters. The predicted molar refractivity (Wildman–Crippen MR) is 423 cm³/mol. The van der Waals surface area contributed by atoms with Gasteiger partial charge in [0.05, 0.1) is 0 Å². The molecule has 0 N–H and O–H groups in total. The van der Waals surface area contributed by atoms with Crippen LogP contribution in [-0.4, -0.2) is 29.9 Å². The van der Waals surface area contributed by atoms with Crippen molar-refractivity contribution in [2.45, 2.75) is 74.1 Å². The monoisotopic (exact) mass is 1950 g/mol. The molecule has 0 saturated heterocycles. The van der Waals surface area contributed by atoms with Gasteiger partial charge in [-0.1, -0.05) is 126 Å². The van der Waals surface area contributed by atoms with E-state index in [2.05, 4.69) is 98.3 Å². The zero-order valence-electron chi connectivity index (χ0n) is 61.3. The summed E-state index contributed by atoms with van der Waals surface area (Å²) in [5, 5.41) is 0. The second kappa shape index (κ2) is 44.0. The van der Waals surface area contributed by atoms with E-state index in [1.165, 1.54) is 28.8 Å². The molecular weight excluding hydrogens is 1870 g/mol. The van der Waals surface area contributed by atoms with Crippen molar-refractivity contribution in [1.29, 1.82) is 0 Å². The minimum atomic E-state index is -0.151. The standard InChI is InChI=1S/C21H19FN.C20H17FN.C19H15FN.3C12H10N.3Ir/c1-15(2)12-19-13-17(8-10-20(19)22)18-9-11-21(23-14-18)16-6-4-3-5-7-16;1-14(2)18-12-16(8-10-19(18)21)17-9-11-20(22-13-17)15-6-4-3-5-7-15;1-2-14-12-16(8-10-18(14)20)17-9-11-19(21-13-17)15-6-4-3-5-7-15;3*1-10-7-8-12(13-9-10)11-5-3-2-4-6-11;;;/h3-6,8-11,13-15H,12H2,1-2H3;3-6,8-14H,1-2H3;3-6,8-13H,2H2,1H3;3*2-5,7-9H,1H3;;;/q6*-1;;;. The second-order valence-electron chi connectivity index (χ2n) is 25.6. The van der Waals surface area contributed by atoms with Gasteiger partial charge in [0.1, 0.15) is 17.5 Å².